The maximum Gasteiger partial charge on any atom is 0.251 e. The van der Waals surface area contributed by atoms with Crippen LogP contribution in [-0.4, -0.2) is 53.1 Å². The molecule has 0 aromatic carbocycles. The Morgan fingerprint density at radius 3 is 2.19 bits per heavy atom. The van der Waals surface area contributed by atoms with Gasteiger partial charge in [0.15, 0.2) is 5.82 Å². The molecule has 2 aliphatic heterocycles. The Kier molecular flexibility index (Phi) is 5.17. The molecule has 0 unspecified atom stereocenters. The van der Waals surface area contributed by atoms with Crippen LogP contribution < -0.4 is 4.90 Å². The average molecular weight is 366 g/mol. The number of carbonyl (C=O) groups is 1. The molecule has 5 nitrogen and oxygen atoms in total. The summed E-state index contributed by atoms with van der Waals surface area (Å²) in [4.78, 5) is 16.4. The minimum absolute atomic E-state index is 0.0316. The van der Waals surface area contributed by atoms with E-state index in [2.05, 4.69) is 35.9 Å². The van der Waals surface area contributed by atoms with Crippen molar-refractivity contribution >= 4 is 11.7 Å². The van der Waals surface area contributed by atoms with Gasteiger partial charge in [-0.2, -0.15) is 5.10 Å². The summed E-state index contributed by atoms with van der Waals surface area (Å²) in [5.41, 5.74) is 0.920. The van der Waals surface area contributed by atoms with E-state index in [4.69, 9.17) is 0 Å². The predicted molar refractivity (Wildman–Crippen MR) is 96.4 cm³/mol. The number of hydrogen-bond donors (Lipinski definition) is 0. The van der Waals surface area contributed by atoms with Gasteiger partial charge in [-0.15, -0.1) is 5.10 Å². The Bertz CT molecular complexity index is 624. The van der Waals surface area contributed by atoms with Gasteiger partial charge in [-0.3, -0.25) is 4.79 Å². The molecule has 3 heterocycles. The number of anilines is 1. The highest BCUT2D eigenvalue weighted by molar-refractivity contribution is 5.79. The third-order valence-corrected chi connectivity index (χ3v) is 5.39. The Hall–Kier alpha value is -1.79. The molecule has 0 aliphatic carbocycles. The molecule has 1 aromatic heterocycles. The van der Waals surface area contributed by atoms with E-state index in [9.17, 15) is 13.6 Å². The molecule has 0 radical (unpaired) electrons. The summed E-state index contributed by atoms with van der Waals surface area (Å²) in [6.45, 7) is 8.13. The van der Waals surface area contributed by atoms with E-state index in [1.54, 1.807) is 4.90 Å². The third-order valence-electron chi connectivity index (χ3n) is 5.39. The number of hydrogen-bond acceptors (Lipinski definition) is 4. The van der Waals surface area contributed by atoms with Crippen molar-refractivity contribution in [3.05, 3.63) is 17.8 Å². The lowest BCUT2D eigenvalue weighted by Crippen LogP contribution is -2.47. The topological polar surface area (TPSA) is 49.3 Å². The van der Waals surface area contributed by atoms with Crippen molar-refractivity contribution in [2.24, 2.45) is 5.92 Å². The maximum absolute atomic E-state index is 13.3. The Labute approximate surface area is 153 Å². The number of likely N-dealkylation sites (tertiary alicyclic amines) is 1. The monoisotopic (exact) mass is 366 g/mol. The van der Waals surface area contributed by atoms with Crippen molar-refractivity contribution < 1.29 is 13.6 Å². The van der Waals surface area contributed by atoms with Gasteiger partial charge in [0.25, 0.3) is 5.92 Å². The maximum atomic E-state index is 13.3. The van der Waals surface area contributed by atoms with Gasteiger partial charge in [0.05, 0.1) is 5.69 Å². The fourth-order valence-corrected chi connectivity index (χ4v) is 3.56. The van der Waals surface area contributed by atoms with Crippen LogP contribution in [0.4, 0.5) is 14.6 Å². The molecule has 0 atom stereocenters. The second-order valence-corrected chi connectivity index (χ2v) is 8.47. The molecule has 0 saturated carbocycles. The molecule has 2 fully saturated rings. The minimum atomic E-state index is -2.61. The van der Waals surface area contributed by atoms with E-state index in [0.29, 0.717) is 0 Å². The van der Waals surface area contributed by atoms with Crippen molar-refractivity contribution in [3.8, 4) is 0 Å². The van der Waals surface area contributed by atoms with E-state index in [0.717, 1.165) is 37.4 Å². The Morgan fingerprint density at radius 2 is 1.69 bits per heavy atom. The molecular formula is C19H28F2N4O. The number of aromatic nitrogens is 2. The van der Waals surface area contributed by atoms with Gasteiger partial charge in [-0.05, 0) is 25.0 Å². The first-order chi connectivity index (χ1) is 12.2. The van der Waals surface area contributed by atoms with Crippen LogP contribution in [0.2, 0.25) is 0 Å². The van der Waals surface area contributed by atoms with Crippen molar-refractivity contribution in [1.29, 1.82) is 0 Å². The molecule has 26 heavy (non-hydrogen) atoms. The van der Waals surface area contributed by atoms with Gasteiger partial charge in [0.2, 0.25) is 5.91 Å². The predicted octanol–water partition coefficient (Wildman–Crippen LogP) is 3.25. The van der Waals surface area contributed by atoms with Gasteiger partial charge in [0.1, 0.15) is 0 Å². The summed E-state index contributed by atoms with van der Waals surface area (Å²) >= 11 is 0. The molecule has 3 rings (SSSR count). The van der Waals surface area contributed by atoms with Crippen LogP contribution >= 0.6 is 0 Å². The molecular weight excluding hydrogens is 338 g/mol. The zero-order valence-electron chi connectivity index (χ0n) is 15.8. The van der Waals surface area contributed by atoms with Crippen LogP contribution in [0, 0.1) is 5.92 Å². The number of nitrogens with zero attached hydrogens (tertiary/aromatic N) is 4. The summed E-state index contributed by atoms with van der Waals surface area (Å²) in [5, 5.41) is 8.67. The molecule has 0 bridgehead atoms. The third kappa shape index (κ3) is 4.30. The summed E-state index contributed by atoms with van der Waals surface area (Å²) in [7, 11) is 0. The van der Waals surface area contributed by atoms with E-state index in [1.807, 2.05) is 12.1 Å². The standard InChI is InChI=1S/C19H28F2N4O/c1-18(2,3)15-4-5-16(23-22-15)24-10-6-14(7-11-24)17(26)25-12-8-19(20,21)9-13-25/h4-5,14H,6-13H2,1-3H3. The van der Waals surface area contributed by atoms with Crippen LogP contribution in [0.1, 0.15) is 52.1 Å². The van der Waals surface area contributed by atoms with Crippen molar-refractivity contribution in [1.82, 2.24) is 15.1 Å². The molecule has 7 heteroatoms. The zero-order chi connectivity index (χ0) is 18.9. The molecule has 1 aromatic rings. The first kappa shape index (κ1) is 19.0. The van der Waals surface area contributed by atoms with Crippen LogP contribution in [0.15, 0.2) is 12.1 Å². The van der Waals surface area contributed by atoms with Gasteiger partial charge in [0, 0.05) is 50.4 Å². The SMILES string of the molecule is CC(C)(C)c1ccc(N2CCC(C(=O)N3CCC(F)(F)CC3)CC2)nn1. The Morgan fingerprint density at radius 1 is 1.08 bits per heavy atom. The summed E-state index contributed by atoms with van der Waals surface area (Å²) < 4.78 is 26.5. The van der Waals surface area contributed by atoms with E-state index in [-0.39, 0.29) is 43.2 Å². The molecule has 2 aliphatic rings. The second kappa shape index (κ2) is 7.08. The molecule has 1 amide bonds. The number of alkyl halides is 2. The van der Waals surface area contributed by atoms with Crippen molar-refractivity contribution in [3.63, 3.8) is 0 Å². The smallest absolute Gasteiger partial charge is 0.251 e. The molecule has 0 spiro atoms. The van der Waals surface area contributed by atoms with Crippen LogP contribution in [0.25, 0.3) is 0 Å². The van der Waals surface area contributed by atoms with Crippen molar-refractivity contribution in [2.45, 2.75) is 57.8 Å². The molecule has 0 N–H and O–H groups in total. The number of amides is 1. The Balaban J connectivity index is 1.53. The fourth-order valence-electron chi connectivity index (χ4n) is 3.56. The lowest BCUT2D eigenvalue weighted by atomic mass is 9.92. The van der Waals surface area contributed by atoms with E-state index < -0.39 is 5.92 Å². The highest BCUT2D eigenvalue weighted by Crippen LogP contribution is 2.30. The van der Waals surface area contributed by atoms with Gasteiger partial charge < -0.3 is 9.80 Å². The average Bonchev–Trinajstić information content (AvgIpc) is 2.61. The fraction of sp³-hybridized carbons (Fsp3) is 0.737. The second-order valence-electron chi connectivity index (χ2n) is 8.47. The van der Waals surface area contributed by atoms with Crippen LogP contribution in [0.3, 0.4) is 0 Å². The summed E-state index contributed by atoms with van der Waals surface area (Å²) in [6.07, 6.45) is 1.03. The summed E-state index contributed by atoms with van der Waals surface area (Å²) in [5.74, 6) is -1.81. The minimum Gasteiger partial charge on any atom is -0.355 e. The van der Waals surface area contributed by atoms with Gasteiger partial charge >= 0.3 is 0 Å². The lowest BCUT2D eigenvalue weighted by molar-refractivity contribution is -0.142. The normalized spacial score (nSPS) is 21.7. The van der Waals surface area contributed by atoms with E-state index >= 15 is 0 Å². The zero-order valence-corrected chi connectivity index (χ0v) is 15.8. The first-order valence-corrected chi connectivity index (χ1v) is 9.41. The first-order valence-electron chi connectivity index (χ1n) is 9.41. The van der Waals surface area contributed by atoms with E-state index in [1.165, 1.54) is 0 Å². The number of halogens is 2. The van der Waals surface area contributed by atoms with Crippen molar-refractivity contribution in [2.75, 3.05) is 31.1 Å². The van der Waals surface area contributed by atoms with Crippen LogP contribution in [-0.2, 0) is 10.2 Å². The number of carbonyl (C=O) groups excluding carboxylic acids is 1. The highest BCUT2D eigenvalue weighted by Gasteiger charge is 2.38. The lowest BCUT2D eigenvalue weighted by Gasteiger charge is -2.37. The van der Waals surface area contributed by atoms with Gasteiger partial charge in [-0.25, -0.2) is 8.78 Å². The quantitative estimate of drug-likeness (QED) is 0.806. The number of piperidine rings is 2. The van der Waals surface area contributed by atoms with Crippen LogP contribution in [0.5, 0.6) is 0 Å². The van der Waals surface area contributed by atoms with Gasteiger partial charge in [-0.1, -0.05) is 20.8 Å². The largest absolute Gasteiger partial charge is 0.355 e. The molecule has 2 saturated heterocycles. The highest BCUT2D eigenvalue weighted by atomic mass is 19.3. The summed E-state index contributed by atoms with van der Waals surface area (Å²) in [6, 6.07) is 4.00. The molecule has 144 valence electrons. The number of rotatable bonds is 2.